The third kappa shape index (κ3) is 2.51. The lowest BCUT2D eigenvalue weighted by atomic mass is 9.82. The van der Waals surface area contributed by atoms with Crippen LogP contribution in [0.4, 0.5) is 5.69 Å². The van der Waals surface area contributed by atoms with E-state index < -0.39 is 0 Å². The van der Waals surface area contributed by atoms with Gasteiger partial charge in [0.25, 0.3) is 0 Å². The molecule has 17 heavy (non-hydrogen) atoms. The fourth-order valence-electron chi connectivity index (χ4n) is 2.53. The minimum atomic E-state index is -0.157. The van der Waals surface area contributed by atoms with E-state index in [2.05, 4.69) is 33.2 Å². The van der Waals surface area contributed by atoms with Gasteiger partial charge in [0, 0.05) is 11.6 Å². The molecule has 4 heteroatoms. The molecule has 0 aliphatic heterocycles. The van der Waals surface area contributed by atoms with Crippen molar-refractivity contribution in [1.29, 1.82) is 0 Å². The van der Waals surface area contributed by atoms with Crippen LogP contribution in [0.3, 0.4) is 0 Å². The molecule has 2 rings (SSSR count). The Labute approximate surface area is 110 Å². The van der Waals surface area contributed by atoms with Crippen LogP contribution in [0.25, 0.3) is 0 Å². The van der Waals surface area contributed by atoms with Crippen molar-refractivity contribution in [3.8, 4) is 0 Å². The van der Waals surface area contributed by atoms with Crippen molar-refractivity contribution in [2.75, 3.05) is 5.32 Å². The number of hydrogen-bond acceptors (Lipinski definition) is 2. The van der Waals surface area contributed by atoms with E-state index in [0.717, 1.165) is 37.8 Å². The molecule has 0 unspecified atom stereocenters. The van der Waals surface area contributed by atoms with Gasteiger partial charge in [-0.05, 0) is 47.3 Å². The molecule has 0 aromatic carbocycles. The van der Waals surface area contributed by atoms with Gasteiger partial charge in [-0.15, -0.1) is 0 Å². The first-order chi connectivity index (χ1) is 8.18. The Balaban J connectivity index is 2.14. The summed E-state index contributed by atoms with van der Waals surface area (Å²) in [6, 6.07) is 3.70. The highest BCUT2D eigenvalue weighted by molar-refractivity contribution is 9.10. The van der Waals surface area contributed by atoms with E-state index in [1.54, 1.807) is 6.20 Å². The van der Waals surface area contributed by atoms with Gasteiger partial charge in [-0.3, -0.25) is 4.79 Å². The molecule has 1 aromatic heterocycles. The Hall–Kier alpha value is -0.900. The van der Waals surface area contributed by atoms with Crippen LogP contribution in [0.15, 0.2) is 22.9 Å². The lowest BCUT2D eigenvalue weighted by molar-refractivity contribution is -0.125. The quantitative estimate of drug-likeness (QED) is 0.863. The second-order valence-corrected chi connectivity index (χ2v) is 5.39. The summed E-state index contributed by atoms with van der Waals surface area (Å²) in [4.78, 5) is 16.5. The maximum atomic E-state index is 12.4. The maximum Gasteiger partial charge on any atom is 0.230 e. The Morgan fingerprint density at radius 2 is 2.24 bits per heavy atom. The number of pyridine rings is 1. The Kier molecular flexibility index (Phi) is 3.82. The van der Waals surface area contributed by atoms with Crippen LogP contribution in [0.5, 0.6) is 0 Å². The number of nitrogens with one attached hydrogen (secondary N) is 1. The highest BCUT2D eigenvalue weighted by Crippen LogP contribution is 2.42. The Morgan fingerprint density at radius 1 is 1.53 bits per heavy atom. The molecule has 1 amide bonds. The van der Waals surface area contributed by atoms with Crippen molar-refractivity contribution in [3.05, 3.63) is 22.9 Å². The molecular weight excluding hydrogens is 280 g/mol. The van der Waals surface area contributed by atoms with E-state index in [4.69, 9.17) is 0 Å². The average Bonchev–Trinajstić information content (AvgIpc) is 2.82. The maximum absolute atomic E-state index is 12.4. The molecular formula is C13H17BrN2O. The van der Waals surface area contributed by atoms with E-state index in [1.807, 2.05) is 12.1 Å². The van der Waals surface area contributed by atoms with Crippen molar-refractivity contribution < 1.29 is 4.79 Å². The van der Waals surface area contributed by atoms with Gasteiger partial charge in [-0.2, -0.15) is 0 Å². The van der Waals surface area contributed by atoms with Gasteiger partial charge < -0.3 is 5.32 Å². The number of anilines is 1. The summed E-state index contributed by atoms with van der Waals surface area (Å²) in [5.41, 5.74) is 0.604. The number of aromatic nitrogens is 1. The monoisotopic (exact) mass is 296 g/mol. The van der Waals surface area contributed by atoms with Crippen LogP contribution in [-0.4, -0.2) is 10.9 Å². The molecule has 1 fully saturated rings. The van der Waals surface area contributed by atoms with E-state index in [9.17, 15) is 4.79 Å². The summed E-state index contributed by atoms with van der Waals surface area (Å²) in [6.07, 6.45) is 6.95. The third-order valence-electron chi connectivity index (χ3n) is 3.73. The minimum Gasteiger partial charge on any atom is -0.323 e. The van der Waals surface area contributed by atoms with E-state index in [-0.39, 0.29) is 11.3 Å². The number of carbonyl (C=O) groups is 1. The lowest BCUT2D eigenvalue weighted by Crippen LogP contribution is -2.33. The summed E-state index contributed by atoms with van der Waals surface area (Å²) < 4.78 is 0.692. The van der Waals surface area contributed by atoms with Gasteiger partial charge in [-0.1, -0.05) is 19.8 Å². The highest BCUT2D eigenvalue weighted by atomic mass is 79.9. The summed E-state index contributed by atoms with van der Waals surface area (Å²) in [5.74, 6) is 0.145. The van der Waals surface area contributed by atoms with Crippen LogP contribution in [-0.2, 0) is 4.79 Å². The zero-order valence-electron chi connectivity index (χ0n) is 10.0. The van der Waals surface area contributed by atoms with Crippen LogP contribution >= 0.6 is 15.9 Å². The first kappa shape index (κ1) is 12.6. The predicted molar refractivity (Wildman–Crippen MR) is 71.8 cm³/mol. The molecule has 1 saturated carbocycles. The molecule has 3 nitrogen and oxygen atoms in total. The first-order valence-electron chi connectivity index (χ1n) is 6.10. The zero-order chi connectivity index (χ0) is 12.3. The molecule has 0 bridgehead atoms. The lowest BCUT2D eigenvalue weighted by Gasteiger charge is -2.26. The van der Waals surface area contributed by atoms with Gasteiger partial charge in [0.2, 0.25) is 5.91 Å². The topological polar surface area (TPSA) is 42.0 Å². The number of halogens is 1. The average molecular weight is 297 g/mol. The highest BCUT2D eigenvalue weighted by Gasteiger charge is 2.39. The second-order valence-electron chi connectivity index (χ2n) is 4.64. The number of amides is 1. The molecule has 1 aliphatic rings. The molecule has 92 valence electrons. The normalized spacial score (nSPS) is 18.0. The fraction of sp³-hybridized carbons (Fsp3) is 0.538. The summed E-state index contributed by atoms with van der Waals surface area (Å²) in [6.45, 7) is 2.10. The molecule has 0 atom stereocenters. The smallest absolute Gasteiger partial charge is 0.230 e. The standard InChI is InChI=1S/C13H17BrN2O/c1-2-13(7-3-4-8-13)12(17)16-10-6-5-9-15-11(10)14/h5-6,9H,2-4,7-8H2,1H3,(H,16,17). The van der Waals surface area contributed by atoms with Gasteiger partial charge in [0.1, 0.15) is 4.60 Å². The van der Waals surface area contributed by atoms with Gasteiger partial charge in [0.15, 0.2) is 0 Å². The van der Waals surface area contributed by atoms with E-state index >= 15 is 0 Å². The molecule has 0 spiro atoms. The van der Waals surface area contributed by atoms with E-state index in [0.29, 0.717) is 4.60 Å². The minimum absolute atomic E-state index is 0.145. The Morgan fingerprint density at radius 3 is 2.82 bits per heavy atom. The van der Waals surface area contributed by atoms with Crippen molar-refractivity contribution in [2.24, 2.45) is 5.41 Å². The SMILES string of the molecule is CCC1(C(=O)Nc2cccnc2Br)CCCC1. The molecule has 1 N–H and O–H groups in total. The molecule has 1 aromatic rings. The summed E-state index contributed by atoms with van der Waals surface area (Å²) in [7, 11) is 0. The van der Waals surface area contributed by atoms with Crippen molar-refractivity contribution in [1.82, 2.24) is 4.98 Å². The van der Waals surface area contributed by atoms with Gasteiger partial charge in [-0.25, -0.2) is 4.98 Å². The van der Waals surface area contributed by atoms with Crippen molar-refractivity contribution >= 4 is 27.5 Å². The second kappa shape index (κ2) is 5.17. The van der Waals surface area contributed by atoms with Crippen molar-refractivity contribution in [3.63, 3.8) is 0 Å². The van der Waals surface area contributed by atoms with Gasteiger partial charge in [0.05, 0.1) is 5.69 Å². The first-order valence-corrected chi connectivity index (χ1v) is 6.89. The number of nitrogens with zero attached hydrogens (tertiary/aromatic N) is 1. The number of carbonyl (C=O) groups excluding carboxylic acids is 1. The summed E-state index contributed by atoms with van der Waals surface area (Å²) >= 11 is 3.35. The fourth-order valence-corrected chi connectivity index (χ4v) is 2.88. The Bertz CT molecular complexity index is 414. The largest absolute Gasteiger partial charge is 0.323 e. The predicted octanol–water partition coefficient (Wildman–Crippen LogP) is 3.75. The van der Waals surface area contributed by atoms with E-state index in [1.165, 1.54) is 0 Å². The van der Waals surface area contributed by atoms with Crippen molar-refractivity contribution in [2.45, 2.75) is 39.0 Å². The van der Waals surface area contributed by atoms with Crippen LogP contribution in [0.1, 0.15) is 39.0 Å². The molecule has 0 saturated heterocycles. The molecule has 1 heterocycles. The number of hydrogen-bond donors (Lipinski definition) is 1. The van der Waals surface area contributed by atoms with Crippen LogP contribution in [0.2, 0.25) is 0 Å². The summed E-state index contributed by atoms with van der Waals surface area (Å²) in [5, 5.41) is 3.00. The van der Waals surface area contributed by atoms with Crippen LogP contribution < -0.4 is 5.32 Å². The molecule has 1 aliphatic carbocycles. The zero-order valence-corrected chi connectivity index (χ0v) is 11.6. The number of rotatable bonds is 3. The van der Waals surface area contributed by atoms with Crippen LogP contribution in [0, 0.1) is 5.41 Å². The molecule has 0 radical (unpaired) electrons. The van der Waals surface area contributed by atoms with Gasteiger partial charge >= 0.3 is 0 Å². The third-order valence-corrected chi connectivity index (χ3v) is 4.36.